The van der Waals surface area contributed by atoms with E-state index in [-0.39, 0.29) is 12.3 Å². The van der Waals surface area contributed by atoms with Gasteiger partial charge in [0.1, 0.15) is 5.75 Å². The molecule has 0 atom stereocenters. The molecular weight excluding hydrogens is 340 g/mol. The number of rotatable bonds is 7. The van der Waals surface area contributed by atoms with E-state index >= 15 is 0 Å². The Labute approximate surface area is 148 Å². The van der Waals surface area contributed by atoms with Gasteiger partial charge in [-0.15, -0.1) is 0 Å². The molecule has 0 heterocycles. The molecule has 2 aromatic rings. The van der Waals surface area contributed by atoms with Crippen molar-refractivity contribution in [3.8, 4) is 5.75 Å². The lowest BCUT2D eigenvalue weighted by Gasteiger charge is -2.11. The molecule has 2 aromatic carbocycles. The summed E-state index contributed by atoms with van der Waals surface area (Å²) >= 11 is 0. The van der Waals surface area contributed by atoms with Gasteiger partial charge in [0.25, 0.3) is 0 Å². The summed E-state index contributed by atoms with van der Waals surface area (Å²) in [6.07, 6.45) is 0.329. The zero-order chi connectivity index (χ0) is 18.3. The van der Waals surface area contributed by atoms with Gasteiger partial charge in [0.15, 0.2) is 9.84 Å². The minimum atomic E-state index is -3.34. The molecule has 25 heavy (non-hydrogen) atoms. The number of benzene rings is 2. The second-order valence-corrected chi connectivity index (χ2v) is 7.68. The molecule has 0 spiro atoms. The molecule has 0 fully saturated rings. The Bertz CT molecular complexity index is 817. The highest BCUT2D eigenvalue weighted by Gasteiger charge is 2.14. The fourth-order valence-electron chi connectivity index (χ4n) is 2.24. The monoisotopic (exact) mass is 362 g/mol. The molecule has 2 amide bonds. The second-order valence-electron chi connectivity index (χ2n) is 5.57. The number of carbonyl (C=O) groups excluding carboxylic acids is 1. The normalized spacial score (nSPS) is 11.0. The third-order valence-electron chi connectivity index (χ3n) is 3.61. The van der Waals surface area contributed by atoms with Gasteiger partial charge in [-0.3, -0.25) is 0 Å². The first-order chi connectivity index (χ1) is 11.9. The molecule has 6 nitrogen and oxygen atoms in total. The van der Waals surface area contributed by atoms with E-state index in [4.69, 9.17) is 4.74 Å². The third kappa shape index (κ3) is 5.49. The lowest BCUT2D eigenvalue weighted by atomic mass is 10.2. The van der Waals surface area contributed by atoms with Crippen LogP contribution in [0.3, 0.4) is 0 Å². The van der Waals surface area contributed by atoms with Gasteiger partial charge < -0.3 is 15.4 Å². The minimum absolute atomic E-state index is 0.0228. The summed E-state index contributed by atoms with van der Waals surface area (Å²) in [7, 11) is -1.81. The number of para-hydroxylation sites is 2. The summed E-state index contributed by atoms with van der Waals surface area (Å²) in [4.78, 5) is 12.2. The fraction of sp³-hybridized carbons (Fsp3) is 0.278. The van der Waals surface area contributed by atoms with Crippen molar-refractivity contribution in [1.29, 1.82) is 0 Å². The number of urea groups is 1. The maximum Gasteiger partial charge on any atom is 0.319 e. The smallest absolute Gasteiger partial charge is 0.319 e. The number of hydrogen-bond acceptors (Lipinski definition) is 4. The van der Waals surface area contributed by atoms with Gasteiger partial charge in [-0.1, -0.05) is 29.8 Å². The predicted octanol–water partition coefficient (Wildman–Crippen LogP) is 2.99. The highest BCUT2D eigenvalue weighted by molar-refractivity contribution is 7.91. The summed E-state index contributed by atoms with van der Waals surface area (Å²) in [5.74, 6) is 0.532. The Balaban J connectivity index is 1.80. The highest BCUT2D eigenvalue weighted by atomic mass is 32.2. The molecule has 0 saturated heterocycles. The largest absolute Gasteiger partial charge is 0.495 e. The van der Waals surface area contributed by atoms with Crippen molar-refractivity contribution in [1.82, 2.24) is 5.32 Å². The van der Waals surface area contributed by atoms with Gasteiger partial charge in [0.2, 0.25) is 0 Å². The number of carbonyl (C=O) groups is 1. The SMILES string of the molecule is COc1ccccc1NC(=O)NCCCS(=O)(=O)c1ccc(C)cc1. The quantitative estimate of drug-likeness (QED) is 0.742. The highest BCUT2D eigenvalue weighted by Crippen LogP contribution is 2.22. The average molecular weight is 362 g/mol. The first-order valence-electron chi connectivity index (χ1n) is 7.89. The van der Waals surface area contributed by atoms with E-state index in [0.29, 0.717) is 22.8 Å². The number of amides is 2. The molecule has 0 saturated carbocycles. The molecule has 0 aliphatic rings. The van der Waals surface area contributed by atoms with E-state index in [1.165, 1.54) is 7.11 Å². The fourth-order valence-corrected chi connectivity index (χ4v) is 3.55. The number of anilines is 1. The van der Waals surface area contributed by atoms with E-state index in [1.54, 1.807) is 48.5 Å². The van der Waals surface area contributed by atoms with Crippen molar-refractivity contribution < 1.29 is 17.9 Å². The number of ether oxygens (including phenoxy) is 1. The molecule has 0 bridgehead atoms. The number of methoxy groups -OCH3 is 1. The first kappa shape index (κ1) is 18.8. The van der Waals surface area contributed by atoms with Crippen LogP contribution in [-0.2, 0) is 9.84 Å². The van der Waals surface area contributed by atoms with E-state index in [0.717, 1.165) is 5.56 Å². The average Bonchev–Trinajstić information content (AvgIpc) is 2.59. The van der Waals surface area contributed by atoms with Crippen LogP contribution in [-0.4, -0.2) is 33.9 Å². The molecule has 7 heteroatoms. The van der Waals surface area contributed by atoms with E-state index in [9.17, 15) is 13.2 Å². The molecule has 0 aliphatic carbocycles. The van der Waals surface area contributed by atoms with Gasteiger partial charge in [-0.2, -0.15) is 0 Å². The number of sulfone groups is 1. The van der Waals surface area contributed by atoms with E-state index in [1.807, 2.05) is 6.92 Å². The summed E-state index contributed by atoms with van der Waals surface area (Å²) < 4.78 is 29.6. The molecule has 0 unspecified atom stereocenters. The van der Waals surface area contributed by atoms with Crippen molar-refractivity contribution in [2.75, 3.05) is 24.7 Å². The van der Waals surface area contributed by atoms with Crippen LogP contribution in [0.15, 0.2) is 53.4 Å². The molecule has 0 radical (unpaired) electrons. The van der Waals surface area contributed by atoms with Gasteiger partial charge in [0, 0.05) is 6.54 Å². The van der Waals surface area contributed by atoms with Crippen LogP contribution in [0.25, 0.3) is 0 Å². The zero-order valence-electron chi connectivity index (χ0n) is 14.3. The molecule has 2 N–H and O–H groups in total. The Morgan fingerprint density at radius 2 is 1.76 bits per heavy atom. The van der Waals surface area contributed by atoms with Crippen LogP contribution in [0.2, 0.25) is 0 Å². The maximum absolute atomic E-state index is 12.2. The van der Waals surface area contributed by atoms with Crippen LogP contribution in [0, 0.1) is 6.92 Å². The number of nitrogens with one attached hydrogen (secondary N) is 2. The Kier molecular flexibility index (Phi) is 6.41. The van der Waals surface area contributed by atoms with Crippen molar-refractivity contribution in [2.45, 2.75) is 18.2 Å². The van der Waals surface area contributed by atoms with Gasteiger partial charge in [-0.05, 0) is 37.6 Å². The summed E-state index contributed by atoms with van der Waals surface area (Å²) in [5, 5.41) is 5.32. The summed E-state index contributed by atoms with van der Waals surface area (Å²) in [5.41, 5.74) is 1.56. The molecule has 0 aliphatic heterocycles. The molecular formula is C18H22N2O4S. The molecule has 2 rings (SSSR count). The van der Waals surface area contributed by atoms with Crippen LogP contribution in [0.4, 0.5) is 10.5 Å². The Hall–Kier alpha value is -2.54. The van der Waals surface area contributed by atoms with Crippen molar-refractivity contribution >= 4 is 21.6 Å². The number of hydrogen-bond donors (Lipinski definition) is 2. The summed E-state index contributed by atoms with van der Waals surface area (Å²) in [6.45, 7) is 2.16. The van der Waals surface area contributed by atoms with Crippen molar-refractivity contribution in [2.24, 2.45) is 0 Å². The van der Waals surface area contributed by atoms with Gasteiger partial charge in [-0.25, -0.2) is 13.2 Å². The van der Waals surface area contributed by atoms with Gasteiger partial charge in [0.05, 0.1) is 23.4 Å². The minimum Gasteiger partial charge on any atom is -0.495 e. The van der Waals surface area contributed by atoms with E-state index in [2.05, 4.69) is 10.6 Å². The maximum atomic E-state index is 12.2. The lowest BCUT2D eigenvalue weighted by molar-refractivity contribution is 0.252. The van der Waals surface area contributed by atoms with Gasteiger partial charge >= 0.3 is 6.03 Å². The first-order valence-corrected chi connectivity index (χ1v) is 9.55. The summed E-state index contributed by atoms with van der Waals surface area (Å²) in [6, 6.07) is 13.4. The molecule has 134 valence electrons. The predicted molar refractivity (Wildman–Crippen MR) is 97.9 cm³/mol. The van der Waals surface area contributed by atoms with Crippen LogP contribution < -0.4 is 15.4 Å². The van der Waals surface area contributed by atoms with Crippen LogP contribution >= 0.6 is 0 Å². The second kappa shape index (κ2) is 8.53. The van der Waals surface area contributed by atoms with E-state index < -0.39 is 15.9 Å². The van der Waals surface area contributed by atoms with Crippen molar-refractivity contribution in [3.05, 3.63) is 54.1 Å². The van der Waals surface area contributed by atoms with Crippen molar-refractivity contribution in [3.63, 3.8) is 0 Å². The Morgan fingerprint density at radius 1 is 1.08 bits per heavy atom. The molecule has 0 aromatic heterocycles. The standard InChI is InChI=1S/C18H22N2O4S/c1-14-8-10-15(11-9-14)25(22,23)13-5-12-19-18(21)20-16-6-3-4-7-17(16)24-2/h3-4,6-11H,5,12-13H2,1-2H3,(H2,19,20,21). The lowest BCUT2D eigenvalue weighted by Crippen LogP contribution is -2.30. The number of aryl methyl sites for hydroxylation is 1. The van der Waals surface area contributed by atoms with Crippen LogP contribution in [0.1, 0.15) is 12.0 Å². The topological polar surface area (TPSA) is 84.5 Å². The zero-order valence-corrected chi connectivity index (χ0v) is 15.1. The van der Waals surface area contributed by atoms with Crippen LogP contribution in [0.5, 0.6) is 5.75 Å². The third-order valence-corrected chi connectivity index (χ3v) is 5.43. The Morgan fingerprint density at radius 3 is 2.44 bits per heavy atom.